The van der Waals surface area contributed by atoms with E-state index in [0.717, 1.165) is 62.5 Å². The summed E-state index contributed by atoms with van der Waals surface area (Å²) >= 11 is 25.9. The number of nitrogens with zero attached hydrogens (tertiary/aromatic N) is 3. The van der Waals surface area contributed by atoms with Crippen molar-refractivity contribution < 1.29 is 0 Å². The summed E-state index contributed by atoms with van der Waals surface area (Å²) in [6, 6.07) is 44.6. The lowest BCUT2D eigenvalue weighted by Gasteiger charge is -2.26. The third-order valence-electron chi connectivity index (χ3n) is 7.93. The second-order valence-corrected chi connectivity index (χ2v) is 12.5. The van der Waals surface area contributed by atoms with E-state index in [1.54, 1.807) is 0 Å². The Morgan fingerprint density at radius 3 is 1.02 bits per heavy atom. The van der Waals surface area contributed by atoms with Crippen molar-refractivity contribution >= 4 is 102 Å². The summed E-state index contributed by atoms with van der Waals surface area (Å²) in [7, 11) is 0. The van der Waals surface area contributed by atoms with Gasteiger partial charge in [-0.1, -0.05) is 70.7 Å². The van der Waals surface area contributed by atoms with E-state index in [1.165, 1.54) is 0 Å². The summed E-state index contributed by atoms with van der Waals surface area (Å²) in [5.74, 6) is 0. The Balaban J connectivity index is 1.46. The zero-order chi connectivity index (χ0) is 31.1. The number of aromatic nitrogens is 1. The molecule has 0 bridgehead atoms. The van der Waals surface area contributed by atoms with Crippen molar-refractivity contribution in [3.05, 3.63) is 154 Å². The van der Waals surface area contributed by atoms with Gasteiger partial charge in [0.2, 0.25) is 0 Å². The predicted molar refractivity (Wildman–Crippen MR) is 195 cm³/mol. The highest BCUT2D eigenvalue weighted by molar-refractivity contribution is 6.32. The van der Waals surface area contributed by atoms with Gasteiger partial charge in [-0.2, -0.15) is 0 Å². The van der Waals surface area contributed by atoms with Gasteiger partial charge in [0.05, 0.1) is 0 Å². The maximum Gasteiger partial charge on any atom is 0.0492 e. The Labute approximate surface area is 282 Å². The zero-order valence-electron chi connectivity index (χ0n) is 24.3. The summed E-state index contributed by atoms with van der Waals surface area (Å²) in [6.45, 7) is 3.01. The molecule has 7 aromatic rings. The number of halogens is 4. The Morgan fingerprint density at radius 2 is 0.733 bits per heavy atom. The van der Waals surface area contributed by atoms with Gasteiger partial charge in [0.15, 0.2) is 0 Å². The maximum absolute atomic E-state index is 6.48. The summed E-state index contributed by atoms with van der Waals surface area (Å²) < 4.78 is 2.35. The standard InChI is InChI=1S/C38H27Cl4N3/c1-2-43-37-17-15-33(44(29-11-3-7-25(39)19-29)30-12-4-8-26(40)20-30)23-35(37)36-24-34(16-18-38(36)43)45(31-13-5-9-27(41)21-31)32-14-6-10-28(42)22-32/h3-24H,2H2,1H3. The number of anilines is 6. The highest BCUT2D eigenvalue weighted by Crippen LogP contribution is 2.43. The van der Waals surface area contributed by atoms with Crippen LogP contribution in [-0.4, -0.2) is 4.57 Å². The first kappa shape index (κ1) is 29.6. The van der Waals surface area contributed by atoms with E-state index in [4.69, 9.17) is 46.4 Å². The van der Waals surface area contributed by atoms with Crippen LogP contribution < -0.4 is 9.80 Å². The fraction of sp³-hybridized carbons (Fsp3) is 0.0526. The molecule has 0 fully saturated rings. The number of aryl methyl sites for hydroxylation is 1. The molecule has 0 aliphatic rings. The molecule has 0 saturated heterocycles. The Morgan fingerprint density at radius 1 is 0.422 bits per heavy atom. The average molecular weight is 667 g/mol. The van der Waals surface area contributed by atoms with Gasteiger partial charge in [-0.3, -0.25) is 0 Å². The van der Waals surface area contributed by atoms with E-state index in [1.807, 2.05) is 72.8 Å². The van der Waals surface area contributed by atoms with Crippen molar-refractivity contribution in [1.29, 1.82) is 0 Å². The fourth-order valence-electron chi connectivity index (χ4n) is 6.05. The minimum absolute atomic E-state index is 0.662. The Bertz CT molecular complexity index is 1950. The molecule has 7 rings (SSSR count). The number of hydrogen-bond donors (Lipinski definition) is 0. The van der Waals surface area contributed by atoms with Gasteiger partial charge in [-0.25, -0.2) is 0 Å². The maximum atomic E-state index is 6.48. The molecule has 0 unspecified atom stereocenters. The van der Waals surface area contributed by atoms with Crippen LogP contribution in [0.15, 0.2) is 133 Å². The van der Waals surface area contributed by atoms with Gasteiger partial charge in [-0.15, -0.1) is 0 Å². The van der Waals surface area contributed by atoms with Crippen LogP contribution in [0.25, 0.3) is 21.8 Å². The summed E-state index contributed by atoms with van der Waals surface area (Å²) in [5.41, 5.74) is 8.07. The molecular weight excluding hydrogens is 640 g/mol. The monoisotopic (exact) mass is 665 g/mol. The first-order chi connectivity index (χ1) is 21.9. The van der Waals surface area contributed by atoms with Gasteiger partial charge >= 0.3 is 0 Å². The van der Waals surface area contributed by atoms with E-state index < -0.39 is 0 Å². The molecule has 6 aromatic carbocycles. The highest BCUT2D eigenvalue weighted by Gasteiger charge is 2.19. The normalized spacial score (nSPS) is 11.3. The van der Waals surface area contributed by atoms with Crippen molar-refractivity contribution in [3.63, 3.8) is 0 Å². The van der Waals surface area contributed by atoms with Gasteiger partial charge < -0.3 is 14.4 Å². The average Bonchev–Trinajstić information content (AvgIpc) is 3.34. The zero-order valence-corrected chi connectivity index (χ0v) is 27.3. The minimum Gasteiger partial charge on any atom is -0.341 e. The molecule has 1 heterocycles. The van der Waals surface area contributed by atoms with Gasteiger partial charge in [-0.05, 0) is 116 Å². The molecular formula is C38H27Cl4N3. The third kappa shape index (κ3) is 5.74. The number of benzene rings is 6. The predicted octanol–water partition coefficient (Wildman–Crippen LogP) is 13.4. The Hall–Kier alpha value is -4.12. The molecule has 0 radical (unpaired) electrons. The highest BCUT2D eigenvalue weighted by atomic mass is 35.5. The van der Waals surface area contributed by atoms with Crippen molar-refractivity contribution in [2.24, 2.45) is 0 Å². The van der Waals surface area contributed by atoms with Crippen molar-refractivity contribution in [2.45, 2.75) is 13.5 Å². The lowest BCUT2D eigenvalue weighted by molar-refractivity contribution is 0.827. The van der Waals surface area contributed by atoms with Gasteiger partial charge in [0.25, 0.3) is 0 Å². The smallest absolute Gasteiger partial charge is 0.0492 e. The molecule has 0 N–H and O–H groups in total. The van der Waals surface area contributed by atoms with E-state index in [-0.39, 0.29) is 0 Å². The van der Waals surface area contributed by atoms with Crippen LogP contribution in [0.3, 0.4) is 0 Å². The lowest BCUT2D eigenvalue weighted by atomic mass is 10.1. The van der Waals surface area contributed by atoms with E-state index in [2.05, 4.69) is 82.0 Å². The quantitative estimate of drug-likeness (QED) is 0.168. The first-order valence-corrected chi connectivity index (χ1v) is 16.1. The molecule has 0 amide bonds. The van der Waals surface area contributed by atoms with Crippen LogP contribution in [-0.2, 0) is 6.54 Å². The molecule has 7 heteroatoms. The number of hydrogen-bond acceptors (Lipinski definition) is 2. The fourth-order valence-corrected chi connectivity index (χ4v) is 6.79. The van der Waals surface area contributed by atoms with Crippen LogP contribution >= 0.6 is 46.4 Å². The molecule has 222 valence electrons. The van der Waals surface area contributed by atoms with E-state index in [9.17, 15) is 0 Å². The molecule has 3 nitrogen and oxygen atoms in total. The summed E-state index contributed by atoms with van der Waals surface area (Å²) in [5, 5.41) is 4.92. The van der Waals surface area contributed by atoms with Crippen molar-refractivity contribution in [2.75, 3.05) is 9.80 Å². The van der Waals surface area contributed by atoms with Crippen molar-refractivity contribution in [1.82, 2.24) is 4.57 Å². The molecule has 0 aliphatic carbocycles. The van der Waals surface area contributed by atoms with Gasteiger partial charge in [0, 0.05) is 82.6 Å². The van der Waals surface area contributed by atoms with Crippen LogP contribution in [0.5, 0.6) is 0 Å². The second kappa shape index (κ2) is 12.3. The van der Waals surface area contributed by atoms with Crippen molar-refractivity contribution in [3.8, 4) is 0 Å². The molecule has 0 spiro atoms. The summed E-state index contributed by atoms with van der Waals surface area (Å²) in [4.78, 5) is 4.36. The third-order valence-corrected chi connectivity index (χ3v) is 8.87. The minimum atomic E-state index is 0.662. The van der Waals surface area contributed by atoms with Crippen LogP contribution in [0.2, 0.25) is 20.1 Å². The molecule has 1 aromatic heterocycles. The second-order valence-electron chi connectivity index (χ2n) is 10.7. The SMILES string of the molecule is CCn1c2ccc(N(c3cccc(Cl)c3)c3cccc(Cl)c3)cc2c2cc(N(c3cccc(Cl)c3)c3cccc(Cl)c3)ccc21. The molecule has 0 aliphatic heterocycles. The molecule has 0 atom stereocenters. The molecule has 0 saturated carbocycles. The number of rotatable bonds is 7. The number of fused-ring (bicyclic) bond motifs is 3. The largest absolute Gasteiger partial charge is 0.341 e. The first-order valence-electron chi connectivity index (χ1n) is 14.6. The molecule has 45 heavy (non-hydrogen) atoms. The summed E-state index contributed by atoms with van der Waals surface area (Å²) in [6.07, 6.45) is 0. The van der Waals surface area contributed by atoms with Crippen LogP contribution in [0.4, 0.5) is 34.1 Å². The van der Waals surface area contributed by atoms with Crippen LogP contribution in [0, 0.1) is 0 Å². The lowest BCUT2D eigenvalue weighted by Crippen LogP contribution is -2.10. The van der Waals surface area contributed by atoms with Crippen LogP contribution in [0.1, 0.15) is 6.92 Å². The van der Waals surface area contributed by atoms with Gasteiger partial charge in [0.1, 0.15) is 0 Å². The topological polar surface area (TPSA) is 11.4 Å². The Kier molecular flexibility index (Phi) is 8.12. The van der Waals surface area contributed by atoms with E-state index >= 15 is 0 Å². The van der Waals surface area contributed by atoms with E-state index in [0.29, 0.717) is 20.1 Å².